The Kier molecular flexibility index (Phi) is 6.53. The van der Waals surface area contributed by atoms with Crippen molar-refractivity contribution in [1.29, 1.82) is 0 Å². The average molecular weight is 425 g/mol. The molecule has 1 heterocycles. The van der Waals surface area contributed by atoms with E-state index in [0.29, 0.717) is 21.0 Å². The zero-order valence-corrected chi connectivity index (χ0v) is 15.9. The van der Waals surface area contributed by atoms with Crippen molar-refractivity contribution in [3.05, 3.63) is 65.7 Å². The standard InChI is InChI=1S/C18H14F3N3O2S2/c19-18(20,21)13-8-6-12(7-9-13)11-27-17-24-23-16(28-17)22-15(25)10-26-14-4-2-1-3-5-14/h1-9H,10-11H2,(H,22,23,25). The third-order valence-corrected chi connectivity index (χ3v) is 5.45. The van der Waals surface area contributed by atoms with E-state index in [4.69, 9.17) is 4.74 Å². The zero-order valence-electron chi connectivity index (χ0n) is 14.3. The number of anilines is 1. The first-order valence-electron chi connectivity index (χ1n) is 8.00. The van der Waals surface area contributed by atoms with E-state index in [1.165, 1.54) is 35.2 Å². The molecule has 146 valence electrons. The smallest absolute Gasteiger partial charge is 0.416 e. The molecule has 3 rings (SSSR count). The number of rotatable bonds is 7. The Labute approximate surface area is 166 Å². The van der Waals surface area contributed by atoms with Crippen LogP contribution in [0.4, 0.5) is 18.3 Å². The van der Waals surface area contributed by atoms with Crippen LogP contribution < -0.4 is 10.1 Å². The minimum absolute atomic E-state index is 0.155. The van der Waals surface area contributed by atoms with E-state index in [0.717, 1.165) is 17.7 Å². The molecule has 0 saturated carbocycles. The van der Waals surface area contributed by atoms with Crippen LogP contribution in [0, 0.1) is 0 Å². The molecule has 1 N–H and O–H groups in total. The maximum atomic E-state index is 12.6. The van der Waals surface area contributed by atoms with Crippen LogP contribution in [0.2, 0.25) is 0 Å². The van der Waals surface area contributed by atoms with Gasteiger partial charge in [0.05, 0.1) is 5.56 Å². The number of amides is 1. The Balaban J connectivity index is 1.46. The first-order valence-corrected chi connectivity index (χ1v) is 9.80. The van der Waals surface area contributed by atoms with Crippen LogP contribution in [-0.2, 0) is 16.7 Å². The highest BCUT2D eigenvalue weighted by Gasteiger charge is 2.29. The van der Waals surface area contributed by atoms with Crippen molar-refractivity contribution in [2.75, 3.05) is 11.9 Å². The fourth-order valence-corrected chi connectivity index (χ4v) is 3.80. The molecular formula is C18H14F3N3O2S2. The van der Waals surface area contributed by atoms with Crippen LogP contribution in [0.1, 0.15) is 11.1 Å². The number of alkyl halides is 3. The average Bonchev–Trinajstić information content (AvgIpc) is 3.12. The van der Waals surface area contributed by atoms with Gasteiger partial charge in [-0.1, -0.05) is 53.4 Å². The van der Waals surface area contributed by atoms with Gasteiger partial charge in [0, 0.05) is 5.75 Å². The van der Waals surface area contributed by atoms with Gasteiger partial charge in [-0.25, -0.2) is 0 Å². The minimum atomic E-state index is -4.35. The van der Waals surface area contributed by atoms with Crippen molar-refractivity contribution in [3.63, 3.8) is 0 Å². The number of thioether (sulfide) groups is 1. The molecule has 0 aliphatic heterocycles. The second kappa shape index (κ2) is 9.07. The van der Waals surface area contributed by atoms with E-state index in [2.05, 4.69) is 15.5 Å². The Morgan fingerprint density at radius 3 is 2.46 bits per heavy atom. The van der Waals surface area contributed by atoms with Crippen molar-refractivity contribution in [2.24, 2.45) is 0 Å². The molecule has 1 amide bonds. The Morgan fingerprint density at radius 1 is 1.07 bits per heavy atom. The summed E-state index contributed by atoms with van der Waals surface area (Å²) in [5.41, 5.74) is 0.0509. The second-order valence-corrected chi connectivity index (χ2v) is 7.71. The molecule has 0 spiro atoms. The van der Waals surface area contributed by atoms with Crippen molar-refractivity contribution < 1.29 is 22.7 Å². The van der Waals surface area contributed by atoms with Crippen molar-refractivity contribution in [2.45, 2.75) is 16.3 Å². The first kappa shape index (κ1) is 20.2. The Bertz CT molecular complexity index is 916. The van der Waals surface area contributed by atoms with Gasteiger partial charge in [-0.3, -0.25) is 10.1 Å². The molecule has 0 radical (unpaired) electrons. The molecule has 28 heavy (non-hydrogen) atoms. The number of aromatic nitrogens is 2. The largest absolute Gasteiger partial charge is 0.484 e. The lowest BCUT2D eigenvalue weighted by molar-refractivity contribution is -0.137. The quantitative estimate of drug-likeness (QED) is 0.432. The highest BCUT2D eigenvalue weighted by atomic mass is 32.2. The van der Waals surface area contributed by atoms with Crippen LogP contribution in [0.25, 0.3) is 0 Å². The van der Waals surface area contributed by atoms with Crippen molar-refractivity contribution in [3.8, 4) is 5.75 Å². The van der Waals surface area contributed by atoms with Gasteiger partial charge in [0.25, 0.3) is 5.91 Å². The van der Waals surface area contributed by atoms with Crippen molar-refractivity contribution >= 4 is 34.1 Å². The molecule has 3 aromatic rings. The first-order chi connectivity index (χ1) is 13.4. The van der Waals surface area contributed by atoms with Gasteiger partial charge >= 0.3 is 6.18 Å². The highest BCUT2D eigenvalue weighted by Crippen LogP contribution is 2.31. The molecule has 1 aromatic heterocycles. The van der Waals surface area contributed by atoms with Gasteiger partial charge in [-0.05, 0) is 29.8 Å². The molecule has 0 unspecified atom stereocenters. The SMILES string of the molecule is O=C(COc1ccccc1)Nc1nnc(SCc2ccc(C(F)(F)F)cc2)s1. The Morgan fingerprint density at radius 2 is 1.79 bits per heavy atom. The van der Waals surface area contributed by atoms with Gasteiger partial charge in [-0.15, -0.1) is 10.2 Å². The lowest BCUT2D eigenvalue weighted by Crippen LogP contribution is -2.20. The molecule has 0 atom stereocenters. The summed E-state index contributed by atoms with van der Waals surface area (Å²) in [6.45, 7) is -0.155. The number of hydrogen-bond donors (Lipinski definition) is 1. The van der Waals surface area contributed by atoms with Crippen LogP contribution in [0.3, 0.4) is 0 Å². The van der Waals surface area contributed by atoms with Gasteiger partial charge in [0.15, 0.2) is 10.9 Å². The molecule has 0 aliphatic carbocycles. The normalized spacial score (nSPS) is 11.2. The number of nitrogens with zero attached hydrogens (tertiary/aromatic N) is 2. The lowest BCUT2D eigenvalue weighted by Gasteiger charge is -2.06. The number of halogens is 3. The summed E-state index contributed by atoms with van der Waals surface area (Å²) in [6, 6.07) is 13.9. The maximum Gasteiger partial charge on any atom is 0.416 e. The molecule has 0 aliphatic rings. The molecular weight excluding hydrogens is 411 g/mol. The summed E-state index contributed by atoms with van der Waals surface area (Å²) in [7, 11) is 0. The second-order valence-electron chi connectivity index (χ2n) is 5.51. The predicted octanol–water partition coefficient (Wildman–Crippen LogP) is 4.87. The molecule has 0 fully saturated rings. The monoisotopic (exact) mass is 425 g/mol. The third-order valence-electron chi connectivity index (χ3n) is 3.41. The molecule has 5 nitrogen and oxygen atoms in total. The van der Waals surface area contributed by atoms with E-state index in [-0.39, 0.29) is 12.5 Å². The van der Waals surface area contributed by atoms with E-state index in [9.17, 15) is 18.0 Å². The van der Waals surface area contributed by atoms with Gasteiger partial charge in [-0.2, -0.15) is 13.2 Å². The maximum absolute atomic E-state index is 12.6. The van der Waals surface area contributed by atoms with Gasteiger partial charge < -0.3 is 4.74 Å². The number of para-hydroxylation sites is 1. The molecule has 2 aromatic carbocycles. The fraction of sp³-hybridized carbons (Fsp3) is 0.167. The van der Waals surface area contributed by atoms with E-state index in [1.807, 2.05) is 6.07 Å². The zero-order chi connectivity index (χ0) is 20.0. The van der Waals surface area contributed by atoms with E-state index < -0.39 is 11.7 Å². The summed E-state index contributed by atoms with van der Waals surface area (Å²) in [5.74, 6) is 0.666. The summed E-state index contributed by atoms with van der Waals surface area (Å²) in [5, 5.41) is 10.8. The lowest BCUT2D eigenvalue weighted by atomic mass is 10.1. The number of benzene rings is 2. The number of hydrogen-bond acceptors (Lipinski definition) is 6. The number of nitrogens with one attached hydrogen (secondary N) is 1. The van der Waals surface area contributed by atoms with Crippen LogP contribution in [0.5, 0.6) is 5.75 Å². The third kappa shape index (κ3) is 5.96. The molecule has 10 heteroatoms. The molecule has 0 saturated heterocycles. The summed E-state index contributed by atoms with van der Waals surface area (Å²) >= 11 is 2.51. The highest BCUT2D eigenvalue weighted by molar-refractivity contribution is 8.00. The van der Waals surface area contributed by atoms with Crippen LogP contribution in [-0.4, -0.2) is 22.7 Å². The fourth-order valence-electron chi connectivity index (χ4n) is 2.07. The van der Waals surface area contributed by atoms with E-state index in [1.54, 1.807) is 24.3 Å². The predicted molar refractivity (Wildman–Crippen MR) is 101 cm³/mol. The number of carbonyl (C=O) groups is 1. The van der Waals surface area contributed by atoms with Crippen LogP contribution >= 0.6 is 23.1 Å². The van der Waals surface area contributed by atoms with Gasteiger partial charge in [0.2, 0.25) is 5.13 Å². The summed E-state index contributed by atoms with van der Waals surface area (Å²) in [6.07, 6.45) is -4.35. The summed E-state index contributed by atoms with van der Waals surface area (Å²) < 4.78 is 43.6. The number of carbonyl (C=O) groups excluding carboxylic acids is 1. The van der Waals surface area contributed by atoms with Crippen LogP contribution in [0.15, 0.2) is 58.9 Å². The number of ether oxygens (including phenoxy) is 1. The summed E-state index contributed by atoms with van der Waals surface area (Å²) in [4.78, 5) is 11.9. The molecule has 0 bridgehead atoms. The minimum Gasteiger partial charge on any atom is -0.484 e. The Hall–Kier alpha value is -2.59. The topological polar surface area (TPSA) is 64.1 Å². The van der Waals surface area contributed by atoms with Crippen molar-refractivity contribution in [1.82, 2.24) is 10.2 Å². The van der Waals surface area contributed by atoms with Gasteiger partial charge in [0.1, 0.15) is 5.75 Å². The van der Waals surface area contributed by atoms with E-state index >= 15 is 0 Å².